The van der Waals surface area contributed by atoms with E-state index in [-0.39, 0.29) is 0 Å². The Morgan fingerprint density at radius 1 is 0.600 bits per heavy atom. The van der Waals surface area contributed by atoms with Gasteiger partial charge in [0.05, 0.1) is 26.4 Å². The third-order valence-electron chi connectivity index (χ3n) is 8.53. The van der Waals surface area contributed by atoms with Gasteiger partial charge in [-0.2, -0.15) is 0 Å². The molecule has 174 valence electrons. The van der Waals surface area contributed by atoms with Crippen LogP contribution in [0.5, 0.6) is 0 Å². The summed E-state index contributed by atoms with van der Waals surface area (Å²) in [5, 5.41) is 0. The lowest BCUT2D eigenvalue weighted by molar-refractivity contribution is 0.0122. The molecule has 0 radical (unpaired) electrons. The minimum atomic E-state index is -1.98. The summed E-state index contributed by atoms with van der Waals surface area (Å²) >= 11 is 0. The van der Waals surface area contributed by atoms with Crippen molar-refractivity contribution in [3.05, 3.63) is 12.3 Å². The topological polar surface area (TPSA) is 27.7 Å². The van der Waals surface area contributed by atoms with Crippen LogP contribution in [0.4, 0.5) is 0 Å². The van der Waals surface area contributed by atoms with Gasteiger partial charge in [0.25, 0.3) is 0 Å². The summed E-state index contributed by atoms with van der Waals surface area (Å²) in [6.07, 6.45) is 17.0. The molecule has 0 aromatic rings. The maximum absolute atomic E-state index is 6.48. The Morgan fingerprint density at radius 3 is 1.17 bits per heavy atom. The molecule has 3 fully saturated rings. The van der Waals surface area contributed by atoms with Gasteiger partial charge in [0.2, 0.25) is 0 Å². The van der Waals surface area contributed by atoms with E-state index in [4.69, 9.17) is 14.2 Å². The minimum absolute atomic E-state index is 0.418. The summed E-state index contributed by atoms with van der Waals surface area (Å²) in [5.41, 5.74) is 4.58. The Hall–Kier alpha value is -0.163. The Balaban J connectivity index is 2.06. The molecule has 3 saturated carbocycles. The molecule has 0 heterocycles. The molecular formula is C26H48O3Si. The van der Waals surface area contributed by atoms with E-state index in [1.165, 1.54) is 77.0 Å². The number of hydrogen-bond acceptors (Lipinski definition) is 3. The summed E-state index contributed by atoms with van der Waals surface area (Å²) < 4.78 is 19.4. The fourth-order valence-electron chi connectivity index (χ4n) is 7.53. The van der Waals surface area contributed by atoms with Crippen LogP contribution in [-0.4, -0.2) is 46.2 Å². The predicted octanol–water partition coefficient (Wildman–Crippen LogP) is 7.21. The summed E-state index contributed by atoms with van der Waals surface area (Å²) in [4.78, 5) is 0. The lowest BCUT2D eigenvalue weighted by atomic mass is 9.95. The van der Waals surface area contributed by atoms with Crippen LogP contribution >= 0.6 is 0 Å². The standard InChI is InChI=1S/C26H48O3Si/c1-5-27-21-15-9-12-18-24(21)30(8-4,25-19-13-10-16-22(25)28-6-2)26-20-14-11-17-23(26)29-7-3/h8,21-26H,4-7,9-20H2,1-3H3. The van der Waals surface area contributed by atoms with Crippen LogP contribution < -0.4 is 0 Å². The molecule has 6 unspecified atom stereocenters. The molecule has 0 N–H and O–H groups in total. The van der Waals surface area contributed by atoms with Crippen molar-refractivity contribution in [1.82, 2.24) is 0 Å². The predicted molar refractivity (Wildman–Crippen MR) is 129 cm³/mol. The first kappa shape index (κ1) is 24.5. The van der Waals surface area contributed by atoms with Gasteiger partial charge >= 0.3 is 0 Å². The van der Waals surface area contributed by atoms with Crippen molar-refractivity contribution in [2.24, 2.45) is 0 Å². The van der Waals surface area contributed by atoms with E-state index in [0.29, 0.717) is 34.9 Å². The quantitative estimate of drug-likeness (QED) is 0.339. The third kappa shape index (κ3) is 5.08. The maximum atomic E-state index is 6.48. The van der Waals surface area contributed by atoms with Crippen LogP contribution in [0.3, 0.4) is 0 Å². The van der Waals surface area contributed by atoms with Gasteiger partial charge in [0.1, 0.15) is 0 Å². The molecule has 3 nitrogen and oxygen atoms in total. The molecule has 3 aliphatic rings. The third-order valence-corrected chi connectivity index (χ3v) is 15.1. The zero-order chi connectivity index (χ0) is 21.4. The van der Waals surface area contributed by atoms with E-state index in [1.807, 2.05) is 0 Å². The summed E-state index contributed by atoms with van der Waals surface area (Å²) in [6.45, 7) is 13.7. The highest BCUT2D eigenvalue weighted by atomic mass is 28.3. The number of rotatable bonds is 10. The zero-order valence-corrected chi connectivity index (χ0v) is 21.1. The highest BCUT2D eigenvalue weighted by Gasteiger charge is 2.58. The highest BCUT2D eigenvalue weighted by Crippen LogP contribution is 2.58. The van der Waals surface area contributed by atoms with Crippen molar-refractivity contribution in [1.29, 1.82) is 0 Å². The van der Waals surface area contributed by atoms with E-state index in [9.17, 15) is 0 Å². The van der Waals surface area contributed by atoms with Crippen molar-refractivity contribution in [3.63, 3.8) is 0 Å². The molecule has 6 atom stereocenters. The van der Waals surface area contributed by atoms with Gasteiger partial charge in [0.15, 0.2) is 0 Å². The molecule has 0 spiro atoms. The highest BCUT2D eigenvalue weighted by molar-refractivity contribution is 6.88. The first-order chi connectivity index (χ1) is 14.7. The Kier molecular flexibility index (Phi) is 9.94. The zero-order valence-electron chi connectivity index (χ0n) is 20.1. The molecular weight excluding hydrogens is 388 g/mol. The number of hydrogen-bond donors (Lipinski definition) is 0. The van der Waals surface area contributed by atoms with Crippen LogP contribution in [-0.2, 0) is 14.2 Å². The van der Waals surface area contributed by atoms with Crippen molar-refractivity contribution >= 4 is 8.07 Å². The van der Waals surface area contributed by atoms with Crippen LogP contribution in [0.1, 0.15) is 97.8 Å². The fraction of sp³-hybridized carbons (Fsp3) is 0.923. The lowest BCUT2D eigenvalue weighted by Gasteiger charge is -2.56. The van der Waals surface area contributed by atoms with Gasteiger partial charge in [-0.25, -0.2) is 0 Å². The lowest BCUT2D eigenvalue weighted by Crippen LogP contribution is -2.59. The first-order valence-electron chi connectivity index (χ1n) is 13.2. The van der Waals surface area contributed by atoms with E-state index in [0.717, 1.165) is 19.8 Å². The first-order valence-corrected chi connectivity index (χ1v) is 15.5. The smallest absolute Gasteiger partial charge is 0.0939 e. The maximum Gasteiger partial charge on any atom is 0.0939 e. The van der Waals surface area contributed by atoms with Crippen LogP contribution in [0, 0.1) is 0 Å². The second-order valence-electron chi connectivity index (χ2n) is 9.86. The average Bonchev–Trinajstić information content (AvgIpc) is 2.78. The van der Waals surface area contributed by atoms with Gasteiger partial charge in [0, 0.05) is 19.8 Å². The average molecular weight is 437 g/mol. The molecule has 0 amide bonds. The van der Waals surface area contributed by atoms with Gasteiger partial charge in [-0.05, 0) is 56.7 Å². The minimum Gasteiger partial charge on any atom is -0.379 e. The van der Waals surface area contributed by atoms with Gasteiger partial charge in [-0.3, -0.25) is 0 Å². The summed E-state index contributed by atoms with van der Waals surface area (Å²) in [7, 11) is -1.98. The van der Waals surface area contributed by atoms with E-state index >= 15 is 0 Å². The molecule has 0 saturated heterocycles. The van der Waals surface area contributed by atoms with Crippen molar-refractivity contribution in [2.45, 2.75) is 133 Å². The van der Waals surface area contributed by atoms with Crippen LogP contribution in [0.2, 0.25) is 16.6 Å². The molecule has 3 aliphatic carbocycles. The Morgan fingerprint density at radius 2 is 0.900 bits per heavy atom. The molecule has 0 aromatic heterocycles. The SMILES string of the molecule is C=C[Si](C1CCCCC1OCC)(C1CCCCC1OCC)C1CCCCC1OCC. The summed E-state index contributed by atoms with van der Waals surface area (Å²) in [5.74, 6) is 0. The molecule has 0 aliphatic heterocycles. The van der Waals surface area contributed by atoms with Crippen molar-refractivity contribution < 1.29 is 14.2 Å². The molecule has 0 bridgehead atoms. The molecule has 0 aromatic carbocycles. The monoisotopic (exact) mass is 436 g/mol. The van der Waals surface area contributed by atoms with E-state index in [1.54, 1.807) is 0 Å². The van der Waals surface area contributed by atoms with Crippen molar-refractivity contribution in [3.8, 4) is 0 Å². The van der Waals surface area contributed by atoms with Crippen LogP contribution in [0.15, 0.2) is 12.3 Å². The second kappa shape index (κ2) is 12.2. The van der Waals surface area contributed by atoms with Gasteiger partial charge in [-0.1, -0.05) is 57.8 Å². The van der Waals surface area contributed by atoms with Crippen LogP contribution in [0.25, 0.3) is 0 Å². The Bertz CT molecular complexity index is 440. The molecule has 4 heteroatoms. The van der Waals surface area contributed by atoms with Gasteiger partial charge in [-0.15, -0.1) is 12.3 Å². The molecule has 3 rings (SSSR count). The van der Waals surface area contributed by atoms with Gasteiger partial charge < -0.3 is 14.2 Å². The number of ether oxygens (including phenoxy) is 3. The van der Waals surface area contributed by atoms with Crippen molar-refractivity contribution in [2.75, 3.05) is 19.8 Å². The fourth-order valence-corrected chi connectivity index (χ4v) is 14.9. The van der Waals surface area contributed by atoms with E-state index < -0.39 is 8.07 Å². The normalized spacial score (nSPS) is 37.4. The Labute approximate surface area is 187 Å². The van der Waals surface area contributed by atoms with E-state index in [2.05, 4.69) is 33.0 Å². The largest absolute Gasteiger partial charge is 0.379 e. The second-order valence-corrected chi connectivity index (χ2v) is 14.5. The molecule has 30 heavy (non-hydrogen) atoms. The summed E-state index contributed by atoms with van der Waals surface area (Å²) in [6, 6.07) is 0.